The Bertz CT molecular complexity index is 1020. The molecule has 2 aromatic heterocycles. The number of hydrogen-bond acceptors (Lipinski definition) is 8. The maximum Gasteiger partial charge on any atom is 0.290 e. The van der Waals surface area contributed by atoms with Gasteiger partial charge in [-0.2, -0.15) is 4.98 Å². The Morgan fingerprint density at radius 1 is 1.23 bits per heavy atom. The van der Waals surface area contributed by atoms with E-state index in [9.17, 15) is 0 Å². The SMILES string of the molecule is Cc1nccnc1-c1ccc(OC(C)(C)C)cc1OCc1nc(C2CC2)no1.O=CO. The number of ether oxygens (including phenoxy) is 2. The molecule has 1 saturated carbocycles. The lowest BCUT2D eigenvalue weighted by Gasteiger charge is -2.22. The molecule has 1 fully saturated rings. The Labute approximate surface area is 180 Å². The third-order valence-corrected chi connectivity index (χ3v) is 4.29. The highest BCUT2D eigenvalue weighted by Crippen LogP contribution is 2.38. The molecule has 0 spiro atoms. The molecule has 164 valence electrons. The summed E-state index contributed by atoms with van der Waals surface area (Å²) in [5.74, 6) is 3.03. The monoisotopic (exact) mass is 426 g/mol. The number of hydrogen-bond donors (Lipinski definition) is 1. The van der Waals surface area contributed by atoms with Gasteiger partial charge in [0.25, 0.3) is 12.4 Å². The lowest BCUT2D eigenvalue weighted by molar-refractivity contribution is -0.122. The molecule has 0 aliphatic heterocycles. The van der Waals surface area contributed by atoms with Crippen LogP contribution in [0.25, 0.3) is 11.3 Å². The summed E-state index contributed by atoms with van der Waals surface area (Å²) in [5.41, 5.74) is 2.12. The second kappa shape index (κ2) is 9.55. The molecule has 4 rings (SSSR count). The van der Waals surface area contributed by atoms with E-state index in [-0.39, 0.29) is 18.7 Å². The van der Waals surface area contributed by atoms with Crippen molar-refractivity contribution in [3.63, 3.8) is 0 Å². The molecule has 2 heterocycles. The number of nitrogens with zero attached hydrogens (tertiary/aromatic N) is 4. The molecule has 0 atom stereocenters. The first kappa shape index (κ1) is 22.2. The summed E-state index contributed by atoms with van der Waals surface area (Å²) in [7, 11) is 0. The predicted molar refractivity (Wildman–Crippen MR) is 112 cm³/mol. The van der Waals surface area contributed by atoms with Crippen LogP contribution in [0.5, 0.6) is 11.5 Å². The topological polar surface area (TPSA) is 120 Å². The van der Waals surface area contributed by atoms with Gasteiger partial charge in [-0.25, -0.2) is 0 Å². The highest BCUT2D eigenvalue weighted by molar-refractivity contribution is 5.70. The van der Waals surface area contributed by atoms with Crippen LogP contribution >= 0.6 is 0 Å². The molecule has 31 heavy (non-hydrogen) atoms. The normalized spacial score (nSPS) is 13.2. The van der Waals surface area contributed by atoms with Crippen LogP contribution in [0.1, 0.15) is 56.9 Å². The van der Waals surface area contributed by atoms with Crippen molar-refractivity contribution in [2.75, 3.05) is 0 Å². The molecule has 0 saturated heterocycles. The van der Waals surface area contributed by atoms with E-state index in [1.165, 1.54) is 0 Å². The minimum absolute atomic E-state index is 0.186. The predicted octanol–water partition coefficient (Wildman–Crippen LogP) is 4.17. The molecule has 1 aliphatic carbocycles. The quantitative estimate of drug-likeness (QED) is 0.579. The van der Waals surface area contributed by atoms with Gasteiger partial charge in [0.05, 0.1) is 11.4 Å². The molecular weight excluding hydrogens is 400 g/mol. The molecule has 0 amide bonds. The summed E-state index contributed by atoms with van der Waals surface area (Å²) in [5, 5.41) is 10.9. The van der Waals surface area contributed by atoms with Crippen molar-refractivity contribution in [3.8, 4) is 22.8 Å². The van der Waals surface area contributed by atoms with Gasteiger partial charge < -0.3 is 19.1 Å². The van der Waals surface area contributed by atoms with E-state index in [0.29, 0.717) is 17.6 Å². The number of benzene rings is 1. The third kappa shape index (κ3) is 6.24. The zero-order valence-corrected chi connectivity index (χ0v) is 18.0. The molecule has 0 bridgehead atoms. The molecule has 9 heteroatoms. The summed E-state index contributed by atoms with van der Waals surface area (Å²) in [6, 6.07) is 5.73. The van der Waals surface area contributed by atoms with Crippen LogP contribution in [0.2, 0.25) is 0 Å². The highest BCUT2D eigenvalue weighted by atomic mass is 16.5. The Hall–Kier alpha value is -3.49. The van der Waals surface area contributed by atoms with E-state index in [1.807, 2.05) is 45.9 Å². The van der Waals surface area contributed by atoms with Gasteiger partial charge in [0.1, 0.15) is 17.1 Å². The second-order valence-electron chi connectivity index (χ2n) is 8.08. The van der Waals surface area contributed by atoms with Crippen LogP contribution in [0.15, 0.2) is 35.1 Å². The van der Waals surface area contributed by atoms with Gasteiger partial charge in [0.2, 0.25) is 0 Å². The third-order valence-electron chi connectivity index (χ3n) is 4.29. The van der Waals surface area contributed by atoms with Gasteiger partial charge in [0, 0.05) is 29.9 Å². The number of rotatable bonds is 6. The summed E-state index contributed by atoms with van der Waals surface area (Å²) < 4.78 is 17.4. The van der Waals surface area contributed by atoms with Crippen LogP contribution in [0, 0.1) is 6.92 Å². The van der Waals surface area contributed by atoms with E-state index in [0.717, 1.165) is 41.4 Å². The molecule has 1 aromatic carbocycles. The molecular formula is C22H26N4O5. The maximum atomic E-state index is 8.36. The van der Waals surface area contributed by atoms with E-state index in [2.05, 4.69) is 20.1 Å². The van der Waals surface area contributed by atoms with Crippen molar-refractivity contribution in [2.45, 2.75) is 58.7 Å². The number of carbonyl (C=O) groups is 1. The fourth-order valence-corrected chi connectivity index (χ4v) is 2.88. The van der Waals surface area contributed by atoms with E-state index in [1.54, 1.807) is 12.4 Å². The summed E-state index contributed by atoms with van der Waals surface area (Å²) in [4.78, 5) is 21.6. The first-order valence-electron chi connectivity index (χ1n) is 9.95. The molecule has 0 unspecified atom stereocenters. The van der Waals surface area contributed by atoms with Crippen molar-refractivity contribution in [1.29, 1.82) is 0 Å². The van der Waals surface area contributed by atoms with Crippen molar-refractivity contribution in [1.82, 2.24) is 20.1 Å². The number of carboxylic acid groups (broad SMARTS) is 1. The van der Waals surface area contributed by atoms with Crippen LogP contribution in [-0.4, -0.2) is 37.3 Å². The average molecular weight is 426 g/mol. The van der Waals surface area contributed by atoms with Gasteiger partial charge in [-0.15, -0.1) is 0 Å². The molecule has 0 radical (unpaired) electrons. The summed E-state index contributed by atoms with van der Waals surface area (Å²) in [6.45, 7) is 7.88. The van der Waals surface area contributed by atoms with Crippen LogP contribution < -0.4 is 9.47 Å². The van der Waals surface area contributed by atoms with Crippen molar-refractivity contribution in [3.05, 3.63) is 48.0 Å². The van der Waals surface area contributed by atoms with Crippen molar-refractivity contribution >= 4 is 6.47 Å². The summed E-state index contributed by atoms with van der Waals surface area (Å²) in [6.07, 6.45) is 5.60. The lowest BCUT2D eigenvalue weighted by atomic mass is 10.1. The standard InChI is InChI=1S/C21H24N4O3.CH2O2/c1-13-19(23-10-9-22-13)16-8-7-15(27-21(2,3)4)11-17(16)26-12-18-24-20(25-28-18)14-5-6-14;2-1-3/h7-11,14H,5-6,12H2,1-4H3;1H,(H,2,3). The summed E-state index contributed by atoms with van der Waals surface area (Å²) >= 11 is 0. The number of aryl methyl sites for hydroxylation is 1. The zero-order chi connectivity index (χ0) is 22.4. The van der Waals surface area contributed by atoms with Crippen molar-refractivity contribution < 1.29 is 23.9 Å². The highest BCUT2D eigenvalue weighted by Gasteiger charge is 2.29. The van der Waals surface area contributed by atoms with Crippen LogP contribution in [0.4, 0.5) is 0 Å². The molecule has 3 aromatic rings. The first-order valence-corrected chi connectivity index (χ1v) is 9.95. The zero-order valence-electron chi connectivity index (χ0n) is 18.0. The maximum absolute atomic E-state index is 8.36. The average Bonchev–Trinajstić information content (AvgIpc) is 3.45. The van der Waals surface area contributed by atoms with Crippen LogP contribution in [-0.2, 0) is 11.4 Å². The Balaban J connectivity index is 0.000000858. The van der Waals surface area contributed by atoms with Gasteiger partial charge in [-0.3, -0.25) is 14.8 Å². The molecule has 9 nitrogen and oxygen atoms in total. The number of aromatic nitrogens is 4. The minimum Gasteiger partial charge on any atom is -0.488 e. The second-order valence-corrected chi connectivity index (χ2v) is 8.08. The fourth-order valence-electron chi connectivity index (χ4n) is 2.88. The Kier molecular flexibility index (Phi) is 6.84. The van der Waals surface area contributed by atoms with Crippen molar-refractivity contribution in [2.24, 2.45) is 0 Å². The van der Waals surface area contributed by atoms with Crippen LogP contribution in [0.3, 0.4) is 0 Å². The van der Waals surface area contributed by atoms with Gasteiger partial charge in [-0.1, -0.05) is 5.16 Å². The lowest BCUT2D eigenvalue weighted by Crippen LogP contribution is -2.22. The largest absolute Gasteiger partial charge is 0.488 e. The minimum atomic E-state index is -0.313. The smallest absolute Gasteiger partial charge is 0.290 e. The van der Waals surface area contributed by atoms with E-state index >= 15 is 0 Å². The van der Waals surface area contributed by atoms with E-state index in [4.69, 9.17) is 23.9 Å². The van der Waals surface area contributed by atoms with Gasteiger partial charge >= 0.3 is 0 Å². The van der Waals surface area contributed by atoms with E-state index < -0.39 is 0 Å². The fraction of sp³-hybridized carbons (Fsp3) is 0.409. The van der Waals surface area contributed by atoms with Gasteiger partial charge in [-0.05, 0) is 52.7 Å². The van der Waals surface area contributed by atoms with Gasteiger partial charge in [0.15, 0.2) is 12.4 Å². The molecule has 1 aliphatic rings. The Morgan fingerprint density at radius 2 is 1.94 bits per heavy atom. The molecule has 1 N–H and O–H groups in total. The first-order chi connectivity index (χ1) is 14.8. The Morgan fingerprint density at radius 3 is 2.58 bits per heavy atom.